The number of hydrogen-bond donors (Lipinski definition) is 5. The first kappa shape index (κ1) is 13.0. The predicted molar refractivity (Wildman–Crippen MR) is 58.2 cm³/mol. The van der Waals surface area contributed by atoms with Crippen molar-refractivity contribution in [3.63, 3.8) is 0 Å². The molecule has 2 N–H and O–H groups in total. The number of carboxylic acid groups (broad SMARTS) is 2. The zero-order chi connectivity index (χ0) is 10.8. The van der Waals surface area contributed by atoms with Crippen LogP contribution in [-0.4, -0.2) is 37.4 Å². The summed E-state index contributed by atoms with van der Waals surface area (Å²) < 4.78 is -1.78. The van der Waals surface area contributed by atoms with Crippen molar-refractivity contribution in [2.45, 2.75) is 22.2 Å². The maximum Gasteiger partial charge on any atom is 0.322 e. The molecule has 3 atom stereocenters. The van der Waals surface area contributed by atoms with Crippen LogP contribution in [0.15, 0.2) is 0 Å². The van der Waals surface area contributed by atoms with Crippen molar-refractivity contribution < 1.29 is 19.8 Å². The molecule has 0 saturated heterocycles. The Morgan fingerprint density at radius 1 is 1.31 bits per heavy atom. The number of carboxylic acids is 2. The molecular formula is C6H10O4S3. The summed E-state index contributed by atoms with van der Waals surface area (Å²) in [5.41, 5.74) is 0. The molecule has 0 aromatic carbocycles. The van der Waals surface area contributed by atoms with E-state index in [1.165, 1.54) is 6.92 Å². The molecule has 0 aliphatic heterocycles. The Balaban J connectivity index is 5.01. The number of carbonyl (C=O) groups is 2. The summed E-state index contributed by atoms with van der Waals surface area (Å²) in [7, 11) is 0. The Hall–Kier alpha value is -0.0100. The van der Waals surface area contributed by atoms with Gasteiger partial charge in [-0.1, -0.05) is 6.92 Å². The smallest absolute Gasteiger partial charge is 0.322 e. The molecule has 0 aliphatic carbocycles. The zero-order valence-electron chi connectivity index (χ0n) is 6.71. The summed E-state index contributed by atoms with van der Waals surface area (Å²) in [5, 5.41) is 15.2. The van der Waals surface area contributed by atoms with Crippen molar-refractivity contribution in [3.05, 3.63) is 0 Å². The van der Waals surface area contributed by atoms with Crippen molar-refractivity contribution in [2.24, 2.45) is 0 Å². The van der Waals surface area contributed by atoms with Crippen molar-refractivity contribution in [2.75, 3.05) is 0 Å². The van der Waals surface area contributed by atoms with E-state index < -0.39 is 27.2 Å². The van der Waals surface area contributed by atoms with Crippen LogP contribution in [0.5, 0.6) is 0 Å². The second-order valence-corrected chi connectivity index (χ2v) is 4.58. The highest BCUT2D eigenvalue weighted by atomic mass is 32.1. The summed E-state index contributed by atoms with van der Waals surface area (Å²) >= 11 is 11.4. The Morgan fingerprint density at radius 2 is 1.69 bits per heavy atom. The first-order chi connectivity index (χ1) is 5.74. The maximum absolute atomic E-state index is 10.8. The normalized spacial score (nSPS) is 20.0. The van der Waals surface area contributed by atoms with Gasteiger partial charge in [-0.2, -0.15) is 37.9 Å². The summed E-state index contributed by atoms with van der Waals surface area (Å²) in [5.74, 6) is -2.68. The summed E-state index contributed by atoms with van der Waals surface area (Å²) in [6.07, 6.45) is 0. The number of aliphatic carboxylic acids is 2. The van der Waals surface area contributed by atoms with Gasteiger partial charge in [0, 0.05) is 5.25 Å². The van der Waals surface area contributed by atoms with Crippen molar-refractivity contribution >= 4 is 49.8 Å². The van der Waals surface area contributed by atoms with Crippen LogP contribution in [0.4, 0.5) is 0 Å². The Kier molecular flexibility index (Phi) is 4.47. The molecule has 0 radical (unpaired) electrons. The number of rotatable bonds is 4. The van der Waals surface area contributed by atoms with Crippen LogP contribution in [0.25, 0.3) is 0 Å². The van der Waals surface area contributed by atoms with Crippen molar-refractivity contribution in [3.8, 4) is 0 Å². The second-order valence-electron chi connectivity index (χ2n) is 2.55. The molecule has 13 heavy (non-hydrogen) atoms. The predicted octanol–water partition coefficient (Wildman–Crippen LogP) is 0.441. The lowest BCUT2D eigenvalue weighted by atomic mass is 10.0. The van der Waals surface area contributed by atoms with E-state index in [0.717, 1.165) is 0 Å². The van der Waals surface area contributed by atoms with E-state index in [1.807, 2.05) is 0 Å². The van der Waals surface area contributed by atoms with E-state index in [2.05, 4.69) is 37.9 Å². The summed E-state index contributed by atoms with van der Waals surface area (Å²) in [4.78, 5) is 21.3. The zero-order valence-corrected chi connectivity index (χ0v) is 9.39. The Morgan fingerprint density at radius 3 is 1.77 bits per heavy atom. The quantitative estimate of drug-likeness (QED) is 0.464. The maximum atomic E-state index is 10.8. The topological polar surface area (TPSA) is 74.6 Å². The molecule has 3 unspecified atom stereocenters. The van der Waals surface area contributed by atoms with Crippen LogP contribution < -0.4 is 0 Å². The van der Waals surface area contributed by atoms with Crippen LogP contribution in [0.2, 0.25) is 0 Å². The monoisotopic (exact) mass is 242 g/mol. The molecule has 0 bridgehead atoms. The third kappa shape index (κ3) is 2.47. The molecule has 0 heterocycles. The van der Waals surface area contributed by atoms with Crippen molar-refractivity contribution in [1.29, 1.82) is 0 Å². The Bertz CT molecular complexity index is 230. The van der Waals surface area contributed by atoms with Gasteiger partial charge in [-0.3, -0.25) is 9.59 Å². The molecule has 0 aromatic heterocycles. The minimum absolute atomic E-state index is 0.730. The van der Waals surface area contributed by atoms with Gasteiger partial charge < -0.3 is 10.2 Å². The standard InChI is InChI=1S/C6H10O4S3/c1-2(11)6(13,5(9)10)3(12)4(7)8/h2-3,11-13H,1H3,(H,7,8)(H,9,10). The van der Waals surface area contributed by atoms with Crippen LogP contribution >= 0.6 is 37.9 Å². The van der Waals surface area contributed by atoms with E-state index in [4.69, 9.17) is 10.2 Å². The molecule has 0 fully saturated rings. The minimum atomic E-state index is -1.78. The van der Waals surface area contributed by atoms with E-state index in [0.29, 0.717) is 0 Å². The lowest BCUT2D eigenvalue weighted by molar-refractivity contribution is -0.145. The van der Waals surface area contributed by atoms with Crippen molar-refractivity contribution in [1.82, 2.24) is 0 Å². The third-order valence-electron chi connectivity index (χ3n) is 1.63. The van der Waals surface area contributed by atoms with Gasteiger partial charge in [0.25, 0.3) is 0 Å². The minimum Gasteiger partial charge on any atom is -0.480 e. The van der Waals surface area contributed by atoms with Crippen LogP contribution in [0, 0.1) is 0 Å². The van der Waals surface area contributed by atoms with E-state index >= 15 is 0 Å². The van der Waals surface area contributed by atoms with Crippen LogP contribution in [0.1, 0.15) is 6.92 Å². The highest BCUT2D eigenvalue weighted by molar-refractivity contribution is 7.89. The van der Waals surface area contributed by atoms with Gasteiger partial charge in [-0.05, 0) is 0 Å². The highest BCUT2D eigenvalue weighted by Gasteiger charge is 2.48. The van der Waals surface area contributed by atoms with Gasteiger partial charge in [-0.15, -0.1) is 0 Å². The molecule has 4 nitrogen and oxygen atoms in total. The molecule has 0 saturated carbocycles. The molecule has 0 aromatic rings. The van der Waals surface area contributed by atoms with E-state index in [9.17, 15) is 9.59 Å². The highest BCUT2D eigenvalue weighted by Crippen LogP contribution is 2.31. The molecular weight excluding hydrogens is 232 g/mol. The SMILES string of the molecule is CC(S)C(S)(C(=O)O)C(S)C(=O)O. The average Bonchev–Trinajstić information content (AvgIpc) is 2.00. The lowest BCUT2D eigenvalue weighted by Crippen LogP contribution is -2.51. The summed E-state index contributed by atoms with van der Waals surface area (Å²) in [6, 6.07) is 0. The molecule has 0 amide bonds. The van der Waals surface area contributed by atoms with Gasteiger partial charge in [0.1, 0.15) is 10.00 Å². The average molecular weight is 242 g/mol. The number of thiol groups is 3. The molecule has 0 rings (SSSR count). The van der Waals surface area contributed by atoms with Gasteiger partial charge in [0.05, 0.1) is 0 Å². The fourth-order valence-electron chi connectivity index (χ4n) is 0.712. The third-order valence-corrected chi connectivity index (χ3v) is 3.91. The van der Waals surface area contributed by atoms with Gasteiger partial charge in [0.2, 0.25) is 0 Å². The van der Waals surface area contributed by atoms with Gasteiger partial charge in [-0.25, -0.2) is 0 Å². The molecule has 7 heteroatoms. The second kappa shape index (κ2) is 4.47. The first-order valence-electron chi connectivity index (χ1n) is 3.29. The fraction of sp³-hybridized carbons (Fsp3) is 0.667. The fourth-order valence-corrected chi connectivity index (χ4v) is 1.53. The van der Waals surface area contributed by atoms with Gasteiger partial charge in [0.15, 0.2) is 0 Å². The molecule has 0 spiro atoms. The number of hydrogen-bond acceptors (Lipinski definition) is 5. The van der Waals surface area contributed by atoms with E-state index in [1.54, 1.807) is 0 Å². The molecule has 0 aliphatic rings. The van der Waals surface area contributed by atoms with E-state index in [-0.39, 0.29) is 0 Å². The van der Waals surface area contributed by atoms with Crippen LogP contribution in [-0.2, 0) is 9.59 Å². The Labute approximate surface area is 91.9 Å². The largest absolute Gasteiger partial charge is 0.480 e. The molecule has 76 valence electrons. The lowest BCUT2D eigenvalue weighted by Gasteiger charge is -2.30. The summed E-state index contributed by atoms with van der Waals surface area (Å²) in [6.45, 7) is 1.45. The van der Waals surface area contributed by atoms with Gasteiger partial charge >= 0.3 is 11.9 Å². The van der Waals surface area contributed by atoms with Crippen LogP contribution in [0.3, 0.4) is 0 Å². The first-order valence-corrected chi connectivity index (χ1v) is 4.77.